The number of pyridine rings is 1. The second-order valence-electron chi connectivity index (χ2n) is 4.65. The van der Waals surface area contributed by atoms with E-state index in [-0.39, 0.29) is 0 Å². The number of aryl methyl sites for hydroxylation is 1. The fourth-order valence-corrected chi connectivity index (χ4v) is 1.85. The molecule has 0 saturated carbocycles. The highest BCUT2D eigenvalue weighted by atomic mass is 15.1. The Kier molecular flexibility index (Phi) is 4.10. The van der Waals surface area contributed by atoms with Crippen LogP contribution in [0.1, 0.15) is 26.3 Å². The van der Waals surface area contributed by atoms with Crippen LogP contribution in [0.15, 0.2) is 30.9 Å². The summed E-state index contributed by atoms with van der Waals surface area (Å²) >= 11 is 0. The van der Waals surface area contributed by atoms with Gasteiger partial charge >= 0.3 is 0 Å². The average molecular weight is 244 g/mol. The van der Waals surface area contributed by atoms with Crippen LogP contribution in [0.2, 0.25) is 0 Å². The van der Waals surface area contributed by atoms with Crippen molar-refractivity contribution in [1.29, 1.82) is 0 Å². The highest BCUT2D eigenvalue weighted by molar-refractivity contribution is 5.55. The van der Waals surface area contributed by atoms with Crippen molar-refractivity contribution >= 4 is 0 Å². The first-order valence-electron chi connectivity index (χ1n) is 6.39. The van der Waals surface area contributed by atoms with Crippen molar-refractivity contribution in [3.05, 3.63) is 36.4 Å². The van der Waals surface area contributed by atoms with Crippen molar-refractivity contribution in [2.24, 2.45) is 0 Å². The molecule has 0 aromatic carbocycles. The lowest BCUT2D eigenvalue weighted by Gasteiger charge is -2.09. The largest absolute Gasteiger partial charge is 0.331 e. The predicted molar refractivity (Wildman–Crippen MR) is 73.1 cm³/mol. The molecule has 0 aliphatic heterocycles. The smallest absolute Gasteiger partial charge is 0.141 e. The molecule has 4 heteroatoms. The van der Waals surface area contributed by atoms with Crippen LogP contribution in [0.25, 0.3) is 11.4 Å². The Balaban J connectivity index is 2.21. The van der Waals surface area contributed by atoms with E-state index in [0.29, 0.717) is 6.04 Å². The molecule has 0 radical (unpaired) electrons. The Bertz CT molecular complexity index is 502. The van der Waals surface area contributed by atoms with E-state index in [1.165, 1.54) is 5.56 Å². The molecule has 0 fully saturated rings. The van der Waals surface area contributed by atoms with Crippen molar-refractivity contribution in [3.63, 3.8) is 0 Å². The fraction of sp³-hybridized carbons (Fsp3) is 0.429. The van der Waals surface area contributed by atoms with E-state index in [1.807, 2.05) is 24.8 Å². The molecule has 18 heavy (non-hydrogen) atoms. The Morgan fingerprint density at radius 2 is 2.17 bits per heavy atom. The van der Waals surface area contributed by atoms with E-state index in [9.17, 15) is 0 Å². The Morgan fingerprint density at radius 3 is 2.89 bits per heavy atom. The minimum Gasteiger partial charge on any atom is -0.331 e. The molecule has 0 aliphatic carbocycles. The van der Waals surface area contributed by atoms with E-state index in [2.05, 4.69) is 46.7 Å². The van der Waals surface area contributed by atoms with Crippen LogP contribution in [0.4, 0.5) is 0 Å². The maximum Gasteiger partial charge on any atom is 0.141 e. The zero-order chi connectivity index (χ0) is 13.0. The van der Waals surface area contributed by atoms with E-state index in [4.69, 9.17) is 0 Å². The van der Waals surface area contributed by atoms with Crippen LogP contribution in [-0.4, -0.2) is 20.6 Å². The molecule has 2 aromatic heterocycles. The van der Waals surface area contributed by atoms with Crippen LogP contribution in [0, 0.1) is 0 Å². The number of nitrogens with one attached hydrogen (secondary N) is 1. The second-order valence-corrected chi connectivity index (χ2v) is 4.65. The molecule has 1 N–H and O–H groups in total. The van der Waals surface area contributed by atoms with Crippen molar-refractivity contribution in [3.8, 4) is 11.4 Å². The van der Waals surface area contributed by atoms with Crippen LogP contribution >= 0.6 is 0 Å². The van der Waals surface area contributed by atoms with Gasteiger partial charge in [-0.25, -0.2) is 4.98 Å². The lowest BCUT2D eigenvalue weighted by Crippen LogP contribution is -2.21. The molecule has 0 spiro atoms. The number of aromatic nitrogens is 3. The van der Waals surface area contributed by atoms with Gasteiger partial charge in [-0.3, -0.25) is 4.98 Å². The molecular formula is C14H20N4. The SMILES string of the molecule is CCn1ccnc1-c1cncc(CNC(C)C)c1. The molecule has 0 saturated heterocycles. The molecular weight excluding hydrogens is 224 g/mol. The third kappa shape index (κ3) is 2.96. The van der Waals surface area contributed by atoms with E-state index in [0.717, 1.165) is 24.5 Å². The summed E-state index contributed by atoms with van der Waals surface area (Å²) in [6.07, 6.45) is 7.59. The van der Waals surface area contributed by atoms with Gasteiger partial charge in [-0.1, -0.05) is 13.8 Å². The molecule has 0 atom stereocenters. The summed E-state index contributed by atoms with van der Waals surface area (Å²) < 4.78 is 2.12. The molecule has 2 heterocycles. The Labute approximate surface area is 108 Å². The number of rotatable bonds is 5. The summed E-state index contributed by atoms with van der Waals surface area (Å²) in [4.78, 5) is 8.70. The second kappa shape index (κ2) is 5.78. The quantitative estimate of drug-likeness (QED) is 0.878. The summed E-state index contributed by atoms with van der Waals surface area (Å²) in [6, 6.07) is 2.63. The molecule has 2 aromatic rings. The monoisotopic (exact) mass is 244 g/mol. The third-order valence-corrected chi connectivity index (χ3v) is 2.82. The average Bonchev–Trinajstić information content (AvgIpc) is 2.85. The maximum atomic E-state index is 4.40. The standard InChI is InChI=1S/C14H20N4/c1-4-18-6-5-16-14(18)13-7-12(8-15-10-13)9-17-11(2)3/h5-8,10-11,17H,4,9H2,1-3H3. The lowest BCUT2D eigenvalue weighted by molar-refractivity contribution is 0.588. The van der Waals surface area contributed by atoms with Crippen molar-refractivity contribution in [1.82, 2.24) is 19.9 Å². The molecule has 0 aliphatic rings. The number of imidazole rings is 1. The van der Waals surface area contributed by atoms with Gasteiger partial charge in [0.1, 0.15) is 5.82 Å². The van der Waals surface area contributed by atoms with E-state index in [1.54, 1.807) is 0 Å². The normalized spacial score (nSPS) is 11.1. The third-order valence-electron chi connectivity index (χ3n) is 2.82. The van der Waals surface area contributed by atoms with Gasteiger partial charge in [0.25, 0.3) is 0 Å². The number of hydrogen-bond acceptors (Lipinski definition) is 3. The summed E-state index contributed by atoms with van der Waals surface area (Å²) in [5, 5.41) is 3.40. The highest BCUT2D eigenvalue weighted by Gasteiger charge is 2.06. The van der Waals surface area contributed by atoms with Crippen LogP contribution in [0.3, 0.4) is 0 Å². The summed E-state index contributed by atoms with van der Waals surface area (Å²) in [5.41, 5.74) is 2.26. The zero-order valence-electron chi connectivity index (χ0n) is 11.2. The van der Waals surface area contributed by atoms with Crippen LogP contribution < -0.4 is 5.32 Å². The predicted octanol–water partition coefficient (Wildman–Crippen LogP) is 2.46. The van der Waals surface area contributed by atoms with Gasteiger partial charge in [0, 0.05) is 49.5 Å². The minimum absolute atomic E-state index is 0.478. The van der Waals surface area contributed by atoms with Gasteiger partial charge in [-0.15, -0.1) is 0 Å². The summed E-state index contributed by atoms with van der Waals surface area (Å²) in [7, 11) is 0. The van der Waals surface area contributed by atoms with E-state index < -0.39 is 0 Å². The van der Waals surface area contributed by atoms with Gasteiger partial charge in [-0.05, 0) is 18.6 Å². The zero-order valence-corrected chi connectivity index (χ0v) is 11.2. The Hall–Kier alpha value is -1.68. The maximum absolute atomic E-state index is 4.40. The highest BCUT2D eigenvalue weighted by Crippen LogP contribution is 2.17. The summed E-state index contributed by atoms with van der Waals surface area (Å²) in [6.45, 7) is 8.15. The minimum atomic E-state index is 0.478. The first-order chi connectivity index (χ1) is 8.70. The number of nitrogens with zero attached hydrogens (tertiary/aromatic N) is 3. The van der Waals surface area contributed by atoms with Gasteiger partial charge in [0.2, 0.25) is 0 Å². The molecule has 2 rings (SSSR count). The van der Waals surface area contributed by atoms with Gasteiger partial charge in [0.15, 0.2) is 0 Å². The number of hydrogen-bond donors (Lipinski definition) is 1. The van der Waals surface area contributed by atoms with Crippen LogP contribution in [0.5, 0.6) is 0 Å². The van der Waals surface area contributed by atoms with E-state index >= 15 is 0 Å². The molecule has 0 unspecified atom stereocenters. The molecule has 4 nitrogen and oxygen atoms in total. The Morgan fingerprint density at radius 1 is 1.33 bits per heavy atom. The molecule has 0 amide bonds. The van der Waals surface area contributed by atoms with Gasteiger partial charge in [0.05, 0.1) is 0 Å². The van der Waals surface area contributed by atoms with Gasteiger partial charge < -0.3 is 9.88 Å². The van der Waals surface area contributed by atoms with Crippen molar-refractivity contribution in [2.45, 2.75) is 39.9 Å². The molecule has 0 bridgehead atoms. The molecule has 96 valence electrons. The topological polar surface area (TPSA) is 42.7 Å². The fourth-order valence-electron chi connectivity index (χ4n) is 1.85. The lowest BCUT2D eigenvalue weighted by atomic mass is 10.2. The first-order valence-corrected chi connectivity index (χ1v) is 6.39. The van der Waals surface area contributed by atoms with Gasteiger partial charge in [-0.2, -0.15) is 0 Å². The van der Waals surface area contributed by atoms with Crippen LogP contribution in [-0.2, 0) is 13.1 Å². The first kappa shape index (κ1) is 12.8. The summed E-state index contributed by atoms with van der Waals surface area (Å²) in [5.74, 6) is 0.983. The van der Waals surface area contributed by atoms with Crippen molar-refractivity contribution < 1.29 is 0 Å². The van der Waals surface area contributed by atoms with Crippen molar-refractivity contribution in [2.75, 3.05) is 0 Å².